The van der Waals surface area contributed by atoms with Gasteiger partial charge in [-0.15, -0.1) is 5.10 Å². The second kappa shape index (κ2) is 9.03. The molecule has 0 aliphatic heterocycles. The van der Waals surface area contributed by atoms with Crippen molar-refractivity contribution < 1.29 is 13.2 Å². The standard InChI is InChI=1S/C22H23F3N6/c1-3-18(28-20-14-13-19(26)31(29-20)21(27)22(23,24)25)15-9-11-17(12-10-15)30(2)16-7-5-4-6-8-16/h4-14,18,26-27H,3H2,1-2H3,(H,28,29). The monoisotopic (exact) mass is 428 g/mol. The van der Waals surface area contributed by atoms with Gasteiger partial charge in [0.1, 0.15) is 11.3 Å². The number of hydrogen-bond acceptors (Lipinski definition) is 5. The maximum atomic E-state index is 12.9. The van der Waals surface area contributed by atoms with Crippen LogP contribution in [0.2, 0.25) is 0 Å². The molecule has 0 bridgehead atoms. The van der Waals surface area contributed by atoms with Crippen LogP contribution in [-0.2, 0) is 0 Å². The number of para-hydroxylation sites is 1. The third-order valence-electron chi connectivity index (χ3n) is 4.87. The Morgan fingerprint density at radius 2 is 1.65 bits per heavy atom. The molecule has 1 atom stereocenters. The van der Waals surface area contributed by atoms with E-state index in [0.29, 0.717) is 6.42 Å². The van der Waals surface area contributed by atoms with Gasteiger partial charge in [-0.05, 0) is 48.4 Å². The van der Waals surface area contributed by atoms with Gasteiger partial charge < -0.3 is 10.2 Å². The lowest BCUT2D eigenvalue weighted by atomic mass is 10.0. The highest BCUT2D eigenvalue weighted by molar-refractivity contribution is 5.85. The van der Waals surface area contributed by atoms with E-state index in [2.05, 4.69) is 15.3 Å². The molecular formula is C22H23F3N6. The zero-order chi connectivity index (χ0) is 22.6. The second-order valence-electron chi connectivity index (χ2n) is 6.95. The van der Waals surface area contributed by atoms with Crippen molar-refractivity contribution >= 4 is 23.0 Å². The van der Waals surface area contributed by atoms with Crippen molar-refractivity contribution in [3.05, 3.63) is 77.8 Å². The molecule has 0 fully saturated rings. The van der Waals surface area contributed by atoms with Crippen LogP contribution < -0.4 is 15.7 Å². The van der Waals surface area contributed by atoms with Crippen LogP contribution in [0.3, 0.4) is 0 Å². The molecule has 9 heteroatoms. The number of aromatic nitrogens is 2. The van der Waals surface area contributed by atoms with E-state index in [1.54, 1.807) is 0 Å². The van der Waals surface area contributed by atoms with Crippen LogP contribution in [-0.4, -0.2) is 28.8 Å². The van der Waals surface area contributed by atoms with Crippen LogP contribution in [0.4, 0.5) is 30.4 Å². The maximum absolute atomic E-state index is 12.9. The highest BCUT2D eigenvalue weighted by Gasteiger charge is 2.37. The highest BCUT2D eigenvalue weighted by atomic mass is 19.4. The fourth-order valence-electron chi connectivity index (χ4n) is 3.12. The lowest BCUT2D eigenvalue weighted by Gasteiger charge is -2.22. The van der Waals surface area contributed by atoms with Gasteiger partial charge in [-0.2, -0.15) is 17.9 Å². The zero-order valence-electron chi connectivity index (χ0n) is 17.1. The third-order valence-corrected chi connectivity index (χ3v) is 4.87. The van der Waals surface area contributed by atoms with Crippen LogP contribution in [0, 0.1) is 10.8 Å². The smallest absolute Gasteiger partial charge is 0.362 e. The minimum atomic E-state index is -4.89. The molecule has 1 heterocycles. The molecule has 3 aromatic rings. The normalized spacial score (nSPS) is 12.3. The van der Waals surface area contributed by atoms with Crippen molar-refractivity contribution in [3.8, 4) is 0 Å². The van der Waals surface area contributed by atoms with E-state index < -0.39 is 17.5 Å². The summed E-state index contributed by atoms with van der Waals surface area (Å²) in [5.41, 5.74) is 2.48. The zero-order valence-corrected chi connectivity index (χ0v) is 17.1. The van der Waals surface area contributed by atoms with Gasteiger partial charge in [0.15, 0.2) is 0 Å². The Hall–Kier alpha value is -3.62. The van der Waals surface area contributed by atoms with E-state index in [1.165, 1.54) is 12.1 Å². The average molecular weight is 428 g/mol. The quantitative estimate of drug-likeness (QED) is 0.378. The second-order valence-corrected chi connectivity index (χ2v) is 6.95. The van der Waals surface area contributed by atoms with Gasteiger partial charge in [0.25, 0.3) is 0 Å². The Morgan fingerprint density at radius 1 is 1.03 bits per heavy atom. The summed E-state index contributed by atoms with van der Waals surface area (Å²) in [5.74, 6) is -1.55. The van der Waals surface area contributed by atoms with Gasteiger partial charge in [0, 0.05) is 18.4 Å². The van der Waals surface area contributed by atoms with Crippen molar-refractivity contribution in [2.24, 2.45) is 0 Å². The first-order valence-electron chi connectivity index (χ1n) is 9.67. The van der Waals surface area contributed by atoms with Gasteiger partial charge in [-0.1, -0.05) is 37.3 Å². The SMILES string of the molecule is CCC(Nc1ccc(=N)n(C(=N)C(F)(F)F)n1)c1ccc(N(C)c2ccccc2)cc1. The molecule has 0 radical (unpaired) electrons. The number of rotatable bonds is 6. The summed E-state index contributed by atoms with van der Waals surface area (Å²) >= 11 is 0. The van der Waals surface area contributed by atoms with Gasteiger partial charge in [0.2, 0.25) is 5.84 Å². The topological polar surface area (TPSA) is 80.8 Å². The number of nitrogens with one attached hydrogen (secondary N) is 3. The number of nitrogens with zero attached hydrogens (tertiary/aromatic N) is 3. The lowest BCUT2D eigenvalue weighted by molar-refractivity contribution is -0.0632. The van der Waals surface area contributed by atoms with Crippen LogP contribution in [0.15, 0.2) is 66.7 Å². The average Bonchev–Trinajstić information content (AvgIpc) is 2.77. The molecule has 31 heavy (non-hydrogen) atoms. The summed E-state index contributed by atoms with van der Waals surface area (Å²) in [4.78, 5) is 2.05. The lowest BCUT2D eigenvalue weighted by Crippen LogP contribution is -2.38. The van der Waals surface area contributed by atoms with E-state index in [4.69, 9.17) is 10.8 Å². The van der Waals surface area contributed by atoms with Crippen LogP contribution in [0.1, 0.15) is 24.9 Å². The molecule has 0 aliphatic carbocycles. The molecule has 0 aliphatic rings. The van der Waals surface area contributed by atoms with Crippen LogP contribution in [0.5, 0.6) is 0 Å². The maximum Gasteiger partial charge on any atom is 0.451 e. The molecule has 3 N–H and O–H groups in total. The molecule has 3 rings (SSSR count). The molecule has 1 aromatic heterocycles. The Morgan fingerprint density at radius 3 is 2.23 bits per heavy atom. The van der Waals surface area contributed by atoms with E-state index in [1.807, 2.05) is 68.6 Å². The van der Waals surface area contributed by atoms with Crippen molar-refractivity contribution in [3.63, 3.8) is 0 Å². The van der Waals surface area contributed by atoms with Crippen LogP contribution >= 0.6 is 0 Å². The third kappa shape index (κ3) is 5.11. The van der Waals surface area contributed by atoms with E-state index in [-0.39, 0.29) is 16.5 Å². The number of anilines is 3. The molecular weight excluding hydrogens is 405 g/mol. The van der Waals surface area contributed by atoms with Gasteiger partial charge in [-0.25, -0.2) is 0 Å². The first kappa shape index (κ1) is 22.1. The molecule has 1 unspecified atom stereocenters. The fraction of sp³-hybridized carbons (Fsp3) is 0.227. The van der Waals surface area contributed by atoms with Crippen molar-refractivity contribution in [2.45, 2.75) is 25.6 Å². The molecule has 162 valence electrons. The predicted molar refractivity (Wildman–Crippen MR) is 115 cm³/mol. The van der Waals surface area contributed by atoms with Gasteiger partial charge in [-0.3, -0.25) is 10.8 Å². The Labute approximate surface area is 178 Å². The Kier molecular flexibility index (Phi) is 6.43. The van der Waals surface area contributed by atoms with E-state index in [9.17, 15) is 13.2 Å². The van der Waals surface area contributed by atoms with Crippen molar-refractivity contribution in [1.29, 1.82) is 10.8 Å². The molecule has 0 amide bonds. The molecule has 6 nitrogen and oxygen atoms in total. The predicted octanol–water partition coefficient (Wildman–Crippen LogP) is 5.08. The molecule has 0 spiro atoms. The summed E-state index contributed by atoms with van der Waals surface area (Å²) < 4.78 is 38.9. The minimum absolute atomic E-state index is 0.155. The molecule has 0 saturated heterocycles. The van der Waals surface area contributed by atoms with E-state index in [0.717, 1.165) is 16.9 Å². The molecule has 0 saturated carbocycles. The summed E-state index contributed by atoms with van der Waals surface area (Å²) in [6, 6.07) is 20.2. The van der Waals surface area contributed by atoms with Gasteiger partial charge in [0.05, 0.1) is 6.04 Å². The van der Waals surface area contributed by atoms with Gasteiger partial charge >= 0.3 is 6.18 Å². The summed E-state index contributed by atoms with van der Waals surface area (Å²) in [6.45, 7) is 1.95. The summed E-state index contributed by atoms with van der Waals surface area (Å²) in [6.07, 6.45) is -4.23. The number of hydrogen-bond donors (Lipinski definition) is 3. The number of halogens is 3. The minimum Gasteiger partial charge on any atom is -0.362 e. The van der Waals surface area contributed by atoms with Crippen molar-refractivity contribution in [1.82, 2.24) is 9.78 Å². The summed E-state index contributed by atoms with van der Waals surface area (Å²) in [7, 11) is 1.97. The highest BCUT2D eigenvalue weighted by Crippen LogP contribution is 2.27. The first-order chi connectivity index (χ1) is 14.7. The Bertz CT molecular complexity index is 1090. The van der Waals surface area contributed by atoms with Crippen molar-refractivity contribution in [2.75, 3.05) is 17.3 Å². The fourth-order valence-corrected chi connectivity index (χ4v) is 3.12. The number of benzene rings is 2. The largest absolute Gasteiger partial charge is 0.451 e. The van der Waals surface area contributed by atoms with E-state index >= 15 is 0 Å². The molecule has 2 aromatic carbocycles. The first-order valence-corrected chi connectivity index (χ1v) is 9.67. The number of alkyl halides is 3. The van der Waals surface area contributed by atoms with Crippen LogP contribution in [0.25, 0.3) is 0 Å². The summed E-state index contributed by atoms with van der Waals surface area (Å²) in [5, 5.41) is 21.8. The Balaban J connectivity index is 1.80.